The number of nitrogens with one attached hydrogen (secondary N) is 1. The van der Waals surface area contributed by atoms with E-state index in [2.05, 4.69) is 15.4 Å². The number of ether oxygens (including phenoxy) is 1. The molecule has 0 unspecified atom stereocenters. The second-order valence-electron chi connectivity index (χ2n) is 6.22. The van der Waals surface area contributed by atoms with Gasteiger partial charge in [0.1, 0.15) is 17.4 Å². The van der Waals surface area contributed by atoms with Crippen LogP contribution in [0.5, 0.6) is 5.75 Å². The van der Waals surface area contributed by atoms with Gasteiger partial charge >= 0.3 is 0 Å². The van der Waals surface area contributed by atoms with Gasteiger partial charge in [0, 0.05) is 19.0 Å². The molecule has 0 saturated heterocycles. The summed E-state index contributed by atoms with van der Waals surface area (Å²) in [5, 5.41) is 7.38. The Morgan fingerprint density at radius 2 is 2.21 bits per heavy atom. The lowest BCUT2D eigenvalue weighted by Gasteiger charge is -2.14. The molecule has 1 amide bonds. The first kappa shape index (κ1) is 16.5. The normalized spacial score (nSPS) is 16.8. The van der Waals surface area contributed by atoms with Crippen molar-refractivity contribution < 1.29 is 9.53 Å². The van der Waals surface area contributed by atoms with E-state index in [4.69, 9.17) is 4.74 Å². The Kier molecular flexibility index (Phi) is 5.13. The van der Waals surface area contributed by atoms with Gasteiger partial charge in [0.15, 0.2) is 0 Å². The number of amides is 1. The number of nitrogens with zero attached hydrogens (tertiary/aromatic N) is 3. The van der Waals surface area contributed by atoms with Crippen LogP contribution < -0.4 is 10.1 Å². The molecule has 3 rings (SSSR count). The summed E-state index contributed by atoms with van der Waals surface area (Å²) in [7, 11) is 0. The van der Waals surface area contributed by atoms with E-state index in [9.17, 15) is 4.79 Å². The quantitative estimate of drug-likeness (QED) is 0.853. The second kappa shape index (κ2) is 7.47. The monoisotopic (exact) mass is 328 g/mol. The molecule has 0 spiro atoms. The van der Waals surface area contributed by atoms with E-state index in [1.165, 1.54) is 0 Å². The van der Waals surface area contributed by atoms with Gasteiger partial charge in [-0.15, -0.1) is 0 Å². The summed E-state index contributed by atoms with van der Waals surface area (Å²) in [5.41, 5.74) is 1.11. The van der Waals surface area contributed by atoms with E-state index >= 15 is 0 Å². The highest BCUT2D eigenvalue weighted by molar-refractivity contribution is 5.79. The number of aromatic nitrogens is 3. The van der Waals surface area contributed by atoms with E-state index < -0.39 is 0 Å². The molecule has 2 heterocycles. The molecule has 0 saturated carbocycles. The van der Waals surface area contributed by atoms with Gasteiger partial charge in [-0.3, -0.25) is 9.48 Å². The molecule has 0 radical (unpaired) electrons. The maximum absolute atomic E-state index is 12.4. The van der Waals surface area contributed by atoms with E-state index in [1.807, 2.05) is 42.8 Å². The molecule has 1 aromatic heterocycles. The van der Waals surface area contributed by atoms with Crippen molar-refractivity contribution in [3.63, 3.8) is 0 Å². The molecule has 0 fully saturated rings. The Bertz CT molecular complexity index is 711. The van der Waals surface area contributed by atoms with Crippen LogP contribution in [0.15, 0.2) is 24.3 Å². The van der Waals surface area contributed by atoms with Crippen molar-refractivity contribution in [3.8, 4) is 5.75 Å². The molecule has 2 aromatic rings. The smallest absolute Gasteiger partial charge is 0.223 e. The molecule has 0 bridgehead atoms. The Hall–Kier alpha value is -2.37. The predicted octanol–water partition coefficient (Wildman–Crippen LogP) is 2.04. The van der Waals surface area contributed by atoms with E-state index in [-0.39, 0.29) is 11.8 Å². The third kappa shape index (κ3) is 3.93. The fraction of sp³-hybridized carbons (Fsp3) is 0.500. The number of aryl methyl sites for hydroxylation is 3. The van der Waals surface area contributed by atoms with E-state index in [0.29, 0.717) is 13.2 Å². The predicted molar refractivity (Wildman–Crippen MR) is 90.9 cm³/mol. The first-order valence-electron chi connectivity index (χ1n) is 8.50. The minimum Gasteiger partial charge on any atom is -0.493 e. The van der Waals surface area contributed by atoms with Gasteiger partial charge in [0.25, 0.3) is 0 Å². The summed E-state index contributed by atoms with van der Waals surface area (Å²) < 4.78 is 7.62. The fourth-order valence-corrected chi connectivity index (χ4v) is 3.07. The first-order valence-corrected chi connectivity index (χ1v) is 8.50. The highest BCUT2D eigenvalue weighted by Gasteiger charge is 2.23. The van der Waals surface area contributed by atoms with Crippen molar-refractivity contribution in [2.24, 2.45) is 5.92 Å². The highest BCUT2D eigenvalue weighted by Crippen LogP contribution is 2.26. The topological polar surface area (TPSA) is 69.0 Å². The summed E-state index contributed by atoms with van der Waals surface area (Å²) in [6.45, 7) is 5.84. The molecule has 1 N–H and O–H groups in total. The van der Waals surface area contributed by atoms with Crippen LogP contribution in [0.25, 0.3) is 0 Å². The van der Waals surface area contributed by atoms with Crippen molar-refractivity contribution in [2.75, 3.05) is 13.2 Å². The standard InChI is InChI=1S/C18H24N4O2/c1-13-20-14(2)22(21-13)10-5-9-19-18(23)16-8-11-24-17-7-4-3-6-15(17)12-16/h3-4,6-7,16H,5,8-12H2,1-2H3,(H,19,23)/t16-/m1/s1. The highest BCUT2D eigenvalue weighted by atomic mass is 16.5. The molecule has 6 heteroatoms. The summed E-state index contributed by atoms with van der Waals surface area (Å²) in [5.74, 6) is 2.70. The molecule has 1 atom stereocenters. The fourth-order valence-electron chi connectivity index (χ4n) is 3.07. The van der Waals surface area contributed by atoms with Gasteiger partial charge in [-0.25, -0.2) is 4.98 Å². The van der Waals surface area contributed by atoms with Gasteiger partial charge < -0.3 is 10.1 Å². The van der Waals surface area contributed by atoms with Gasteiger partial charge in [0.05, 0.1) is 6.61 Å². The van der Waals surface area contributed by atoms with Crippen molar-refractivity contribution >= 4 is 5.91 Å². The zero-order chi connectivity index (χ0) is 16.9. The molecule has 1 aliphatic heterocycles. The van der Waals surface area contributed by atoms with Gasteiger partial charge in [0.2, 0.25) is 5.91 Å². The van der Waals surface area contributed by atoms with Crippen molar-refractivity contribution in [3.05, 3.63) is 41.5 Å². The number of benzene rings is 1. The van der Waals surface area contributed by atoms with Crippen molar-refractivity contribution in [1.29, 1.82) is 0 Å². The van der Waals surface area contributed by atoms with Crippen LogP contribution in [0.4, 0.5) is 0 Å². The van der Waals surface area contributed by atoms with Crippen LogP contribution in [-0.2, 0) is 17.8 Å². The lowest BCUT2D eigenvalue weighted by atomic mass is 9.96. The summed E-state index contributed by atoms with van der Waals surface area (Å²) in [6.07, 6.45) is 2.33. The van der Waals surface area contributed by atoms with Crippen LogP contribution in [0.3, 0.4) is 0 Å². The average Bonchev–Trinajstić information content (AvgIpc) is 2.77. The average molecular weight is 328 g/mol. The molecule has 1 aromatic carbocycles. The number of rotatable bonds is 5. The third-order valence-electron chi connectivity index (χ3n) is 4.34. The van der Waals surface area contributed by atoms with Crippen molar-refractivity contribution in [2.45, 2.75) is 39.7 Å². The lowest BCUT2D eigenvalue weighted by Crippen LogP contribution is -2.33. The first-order chi connectivity index (χ1) is 11.6. The van der Waals surface area contributed by atoms with Gasteiger partial charge in [-0.05, 0) is 44.7 Å². The van der Waals surface area contributed by atoms with Crippen LogP contribution in [0.2, 0.25) is 0 Å². The molecule has 128 valence electrons. The molecule has 0 aliphatic carbocycles. The van der Waals surface area contributed by atoms with Crippen LogP contribution in [-0.4, -0.2) is 33.8 Å². The van der Waals surface area contributed by atoms with Crippen LogP contribution in [0.1, 0.15) is 30.1 Å². The minimum atomic E-state index is -0.0241. The Morgan fingerprint density at radius 3 is 3.00 bits per heavy atom. The minimum absolute atomic E-state index is 0.0241. The Labute approximate surface area is 142 Å². The summed E-state index contributed by atoms with van der Waals surface area (Å²) in [6, 6.07) is 7.97. The molecular weight excluding hydrogens is 304 g/mol. The molecule has 6 nitrogen and oxygen atoms in total. The number of hydrogen-bond donors (Lipinski definition) is 1. The van der Waals surface area contributed by atoms with Gasteiger partial charge in [-0.1, -0.05) is 18.2 Å². The van der Waals surface area contributed by atoms with Crippen LogP contribution in [0, 0.1) is 19.8 Å². The number of hydrogen-bond acceptors (Lipinski definition) is 4. The summed E-state index contributed by atoms with van der Waals surface area (Å²) >= 11 is 0. The number of carbonyl (C=O) groups excluding carboxylic acids is 1. The zero-order valence-corrected chi connectivity index (χ0v) is 14.3. The van der Waals surface area contributed by atoms with Crippen molar-refractivity contribution in [1.82, 2.24) is 20.1 Å². The van der Waals surface area contributed by atoms with Crippen LogP contribution >= 0.6 is 0 Å². The van der Waals surface area contributed by atoms with Gasteiger partial charge in [-0.2, -0.15) is 5.10 Å². The maximum atomic E-state index is 12.4. The lowest BCUT2D eigenvalue weighted by molar-refractivity contribution is -0.125. The second-order valence-corrected chi connectivity index (χ2v) is 6.22. The molecular formula is C18H24N4O2. The summed E-state index contributed by atoms with van der Waals surface area (Å²) in [4.78, 5) is 16.7. The zero-order valence-electron chi connectivity index (χ0n) is 14.3. The van der Waals surface area contributed by atoms with E-state index in [1.54, 1.807) is 0 Å². The number of carbonyl (C=O) groups is 1. The number of para-hydroxylation sites is 1. The molecule has 24 heavy (non-hydrogen) atoms. The largest absolute Gasteiger partial charge is 0.493 e. The Morgan fingerprint density at radius 1 is 1.38 bits per heavy atom. The maximum Gasteiger partial charge on any atom is 0.223 e. The Balaban J connectivity index is 1.47. The SMILES string of the molecule is Cc1nc(C)n(CCCNC(=O)[C@@H]2CCOc3ccccc3C2)n1. The third-order valence-corrected chi connectivity index (χ3v) is 4.34. The molecule has 1 aliphatic rings. The number of fused-ring (bicyclic) bond motifs is 1. The van der Waals surface area contributed by atoms with E-state index in [0.717, 1.165) is 48.8 Å².